The molecule has 1 aromatic carbocycles. The number of nitrogens with one attached hydrogen (secondary N) is 1. The van der Waals surface area contributed by atoms with E-state index in [9.17, 15) is 4.79 Å². The first kappa shape index (κ1) is 16.5. The lowest BCUT2D eigenvalue weighted by molar-refractivity contribution is 0.352. The maximum atomic E-state index is 13.0. The van der Waals surface area contributed by atoms with Gasteiger partial charge in [0.05, 0.1) is 5.52 Å². The molecule has 1 N–H and O–H groups in total. The van der Waals surface area contributed by atoms with Gasteiger partial charge in [-0.05, 0) is 38.4 Å². The third kappa shape index (κ3) is 3.16. The SMILES string of the molecule is CCCn1c(=O)c(NCCN2CCCC2)nc2sc3ccccc3c21. The number of likely N-dealkylation sites (tertiary alicyclic amines) is 1. The predicted octanol–water partition coefficient (Wildman–Crippen LogP) is 3.53. The average molecular weight is 356 g/mol. The van der Waals surface area contributed by atoms with Gasteiger partial charge in [0.2, 0.25) is 0 Å². The maximum absolute atomic E-state index is 13.0. The van der Waals surface area contributed by atoms with Gasteiger partial charge in [-0.15, -0.1) is 11.3 Å². The monoisotopic (exact) mass is 356 g/mol. The number of hydrogen-bond donors (Lipinski definition) is 1. The number of nitrogens with zero attached hydrogens (tertiary/aromatic N) is 3. The van der Waals surface area contributed by atoms with Crippen LogP contribution in [0, 0.1) is 0 Å². The molecule has 0 unspecified atom stereocenters. The van der Waals surface area contributed by atoms with Crippen molar-refractivity contribution in [2.24, 2.45) is 0 Å². The van der Waals surface area contributed by atoms with Gasteiger partial charge in [0, 0.05) is 29.7 Å². The summed E-state index contributed by atoms with van der Waals surface area (Å²) in [6.07, 6.45) is 3.50. The Kier molecular flexibility index (Phi) is 4.72. The minimum atomic E-state index is -0.000625. The van der Waals surface area contributed by atoms with Gasteiger partial charge in [-0.1, -0.05) is 25.1 Å². The predicted molar refractivity (Wildman–Crippen MR) is 106 cm³/mol. The van der Waals surface area contributed by atoms with Gasteiger partial charge in [-0.2, -0.15) is 0 Å². The van der Waals surface area contributed by atoms with Crippen LogP contribution in [-0.2, 0) is 6.54 Å². The molecular formula is C19H24N4OS. The molecule has 132 valence electrons. The summed E-state index contributed by atoms with van der Waals surface area (Å²) in [4.78, 5) is 21.0. The molecule has 1 saturated heterocycles. The number of aromatic nitrogens is 2. The van der Waals surface area contributed by atoms with Crippen molar-refractivity contribution in [2.75, 3.05) is 31.5 Å². The Morgan fingerprint density at radius 1 is 1.20 bits per heavy atom. The van der Waals surface area contributed by atoms with Gasteiger partial charge in [-0.25, -0.2) is 4.98 Å². The van der Waals surface area contributed by atoms with Gasteiger partial charge >= 0.3 is 0 Å². The number of rotatable bonds is 6. The molecule has 2 aromatic heterocycles. The van der Waals surface area contributed by atoms with Crippen molar-refractivity contribution in [1.82, 2.24) is 14.5 Å². The van der Waals surface area contributed by atoms with Crippen molar-refractivity contribution in [3.63, 3.8) is 0 Å². The summed E-state index contributed by atoms with van der Waals surface area (Å²) in [5.74, 6) is 0.492. The zero-order valence-corrected chi connectivity index (χ0v) is 15.4. The van der Waals surface area contributed by atoms with Crippen LogP contribution >= 0.6 is 11.3 Å². The molecule has 0 aliphatic carbocycles. The van der Waals surface area contributed by atoms with Crippen LogP contribution in [0.15, 0.2) is 29.1 Å². The van der Waals surface area contributed by atoms with Gasteiger partial charge in [0.15, 0.2) is 5.82 Å². The fourth-order valence-corrected chi connectivity index (χ4v) is 4.71. The molecule has 1 fully saturated rings. The summed E-state index contributed by atoms with van der Waals surface area (Å²) in [7, 11) is 0. The fraction of sp³-hybridized carbons (Fsp3) is 0.474. The van der Waals surface area contributed by atoms with Crippen molar-refractivity contribution >= 4 is 37.6 Å². The number of anilines is 1. The molecule has 3 heterocycles. The Labute approximate surface area is 151 Å². The van der Waals surface area contributed by atoms with E-state index in [1.54, 1.807) is 11.3 Å². The van der Waals surface area contributed by atoms with Crippen molar-refractivity contribution < 1.29 is 0 Å². The van der Waals surface area contributed by atoms with Crippen molar-refractivity contribution in [3.05, 3.63) is 34.6 Å². The quantitative estimate of drug-likeness (QED) is 0.734. The minimum Gasteiger partial charge on any atom is -0.364 e. The topological polar surface area (TPSA) is 50.2 Å². The first-order chi connectivity index (χ1) is 12.3. The first-order valence-corrected chi connectivity index (χ1v) is 9.98. The van der Waals surface area contributed by atoms with Gasteiger partial charge in [0.25, 0.3) is 5.56 Å². The largest absolute Gasteiger partial charge is 0.364 e. The number of benzene rings is 1. The highest BCUT2D eigenvalue weighted by molar-refractivity contribution is 7.25. The van der Waals surface area contributed by atoms with Crippen molar-refractivity contribution in [3.8, 4) is 0 Å². The molecule has 25 heavy (non-hydrogen) atoms. The summed E-state index contributed by atoms with van der Waals surface area (Å²) in [5, 5.41) is 4.42. The van der Waals surface area contributed by atoms with E-state index in [0.717, 1.165) is 41.8 Å². The smallest absolute Gasteiger partial charge is 0.293 e. The number of fused-ring (bicyclic) bond motifs is 3. The second-order valence-corrected chi connectivity index (χ2v) is 7.68. The Morgan fingerprint density at radius 3 is 2.80 bits per heavy atom. The molecule has 3 aromatic rings. The van der Waals surface area contributed by atoms with Gasteiger partial charge < -0.3 is 14.8 Å². The summed E-state index contributed by atoms with van der Waals surface area (Å²) < 4.78 is 3.09. The van der Waals surface area contributed by atoms with Crippen LogP contribution in [0.3, 0.4) is 0 Å². The Bertz CT molecular complexity index is 940. The summed E-state index contributed by atoms with van der Waals surface area (Å²) in [5.41, 5.74) is 0.983. The van der Waals surface area contributed by atoms with E-state index >= 15 is 0 Å². The molecule has 1 aliphatic rings. The summed E-state index contributed by atoms with van der Waals surface area (Å²) in [6.45, 7) is 6.91. The highest BCUT2D eigenvalue weighted by atomic mass is 32.1. The molecule has 0 bridgehead atoms. The van der Waals surface area contributed by atoms with Crippen LogP contribution in [0.4, 0.5) is 5.82 Å². The average Bonchev–Trinajstić information content (AvgIpc) is 3.25. The second kappa shape index (κ2) is 7.14. The van der Waals surface area contributed by atoms with Crippen molar-refractivity contribution in [1.29, 1.82) is 0 Å². The number of thiophene rings is 1. The molecule has 0 amide bonds. The molecule has 6 heteroatoms. The van der Waals surface area contributed by atoms with Crippen molar-refractivity contribution in [2.45, 2.75) is 32.7 Å². The molecular weight excluding hydrogens is 332 g/mol. The van der Waals surface area contributed by atoms with E-state index in [1.807, 2.05) is 16.7 Å². The van der Waals surface area contributed by atoms with Crippen LogP contribution in [0.5, 0.6) is 0 Å². The third-order valence-electron chi connectivity index (χ3n) is 4.85. The van der Waals surface area contributed by atoms with E-state index in [2.05, 4.69) is 34.3 Å². The summed E-state index contributed by atoms with van der Waals surface area (Å²) in [6, 6.07) is 8.25. The number of aryl methyl sites for hydroxylation is 1. The van der Waals surface area contributed by atoms with E-state index < -0.39 is 0 Å². The van der Waals surface area contributed by atoms with Crippen LogP contribution in [0.25, 0.3) is 20.4 Å². The van der Waals surface area contributed by atoms with Crippen LogP contribution in [0.1, 0.15) is 26.2 Å². The van der Waals surface area contributed by atoms with Gasteiger partial charge in [0.1, 0.15) is 4.83 Å². The van der Waals surface area contributed by atoms with E-state index in [4.69, 9.17) is 0 Å². The van der Waals surface area contributed by atoms with E-state index in [-0.39, 0.29) is 5.56 Å². The molecule has 5 nitrogen and oxygen atoms in total. The normalized spacial score (nSPS) is 15.4. The third-order valence-corrected chi connectivity index (χ3v) is 5.90. The van der Waals surface area contributed by atoms with Gasteiger partial charge in [-0.3, -0.25) is 4.79 Å². The maximum Gasteiger partial charge on any atom is 0.293 e. The lowest BCUT2D eigenvalue weighted by Crippen LogP contribution is -2.30. The second-order valence-electron chi connectivity index (χ2n) is 6.64. The lowest BCUT2D eigenvalue weighted by atomic mass is 10.2. The van der Waals surface area contributed by atoms with Crippen LogP contribution in [-0.4, -0.2) is 40.6 Å². The Morgan fingerprint density at radius 2 is 2.00 bits per heavy atom. The van der Waals surface area contributed by atoms with E-state index in [1.165, 1.54) is 30.6 Å². The van der Waals surface area contributed by atoms with Crippen LogP contribution in [0.2, 0.25) is 0 Å². The van der Waals surface area contributed by atoms with Crippen LogP contribution < -0.4 is 10.9 Å². The Hall–Kier alpha value is -1.92. The Balaban J connectivity index is 1.70. The number of hydrogen-bond acceptors (Lipinski definition) is 5. The molecule has 1 aliphatic heterocycles. The fourth-order valence-electron chi connectivity index (χ4n) is 3.63. The zero-order valence-electron chi connectivity index (χ0n) is 14.6. The summed E-state index contributed by atoms with van der Waals surface area (Å²) >= 11 is 1.66. The van der Waals surface area contributed by atoms with E-state index in [0.29, 0.717) is 5.82 Å². The minimum absolute atomic E-state index is 0.000625. The lowest BCUT2D eigenvalue weighted by Gasteiger charge is -2.15. The standard InChI is InChI=1S/C19H24N4OS/c1-2-10-23-16-14-7-3-4-8-15(14)25-18(16)21-17(19(23)24)20-9-13-22-11-5-6-12-22/h3-4,7-8H,2,5-6,9-13H2,1H3,(H,20,21). The molecule has 0 spiro atoms. The first-order valence-electron chi connectivity index (χ1n) is 9.16. The highest BCUT2D eigenvalue weighted by Gasteiger charge is 2.16. The molecule has 4 rings (SSSR count). The molecule has 0 saturated carbocycles. The zero-order chi connectivity index (χ0) is 17.2. The molecule has 0 atom stereocenters. The molecule has 0 radical (unpaired) electrons. The highest BCUT2D eigenvalue weighted by Crippen LogP contribution is 2.32.